The fourth-order valence-electron chi connectivity index (χ4n) is 3.34. The first-order chi connectivity index (χ1) is 14.8. The van der Waals surface area contributed by atoms with Crippen LogP contribution in [0.25, 0.3) is 6.08 Å². The fourth-order valence-corrected chi connectivity index (χ4v) is 3.34. The van der Waals surface area contributed by atoms with Crippen molar-refractivity contribution in [2.24, 2.45) is 5.92 Å². The quantitative estimate of drug-likeness (QED) is 0.272. The van der Waals surface area contributed by atoms with Crippen molar-refractivity contribution in [3.63, 3.8) is 0 Å². The Morgan fingerprint density at radius 2 is 1.94 bits per heavy atom. The number of hydrogen-bond donors (Lipinski definition) is 1. The van der Waals surface area contributed by atoms with Crippen LogP contribution in [0.15, 0.2) is 42.0 Å². The van der Waals surface area contributed by atoms with Gasteiger partial charge in [0.1, 0.15) is 11.6 Å². The van der Waals surface area contributed by atoms with Crippen molar-refractivity contribution < 1.29 is 14.3 Å². The summed E-state index contributed by atoms with van der Waals surface area (Å²) in [7, 11) is 0. The third-order valence-corrected chi connectivity index (χ3v) is 4.94. The smallest absolute Gasteiger partial charge is 0.349 e. The SMILES string of the molecule is Cc1cc(/C=C(\C#N)C(=O)OCC(=O)NCCCc2ccccc2)c(C)n1CC(C)C. The van der Waals surface area contributed by atoms with Crippen LogP contribution in [0, 0.1) is 31.1 Å². The Morgan fingerprint density at radius 3 is 2.58 bits per heavy atom. The summed E-state index contributed by atoms with van der Waals surface area (Å²) in [5.41, 5.74) is 3.94. The van der Waals surface area contributed by atoms with Gasteiger partial charge in [0.05, 0.1) is 0 Å². The summed E-state index contributed by atoms with van der Waals surface area (Å²) in [5, 5.41) is 12.1. The molecule has 1 aromatic heterocycles. The van der Waals surface area contributed by atoms with Crippen molar-refractivity contribution in [1.29, 1.82) is 5.26 Å². The highest BCUT2D eigenvalue weighted by Gasteiger charge is 2.15. The van der Waals surface area contributed by atoms with E-state index in [2.05, 4.69) is 23.7 Å². The van der Waals surface area contributed by atoms with E-state index in [-0.39, 0.29) is 11.5 Å². The molecule has 1 amide bonds. The van der Waals surface area contributed by atoms with Crippen molar-refractivity contribution in [2.75, 3.05) is 13.2 Å². The van der Waals surface area contributed by atoms with E-state index in [1.54, 1.807) is 0 Å². The maximum atomic E-state index is 12.3. The molecule has 1 N–H and O–H groups in total. The number of hydrogen-bond acceptors (Lipinski definition) is 4. The first-order valence-electron chi connectivity index (χ1n) is 10.6. The molecule has 1 aromatic carbocycles. The Balaban J connectivity index is 1.86. The van der Waals surface area contributed by atoms with E-state index in [4.69, 9.17) is 4.74 Å². The third-order valence-electron chi connectivity index (χ3n) is 4.94. The van der Waals surface area contributed by atoms with Crippen molar-refractivity contribution in [3.8, 4) is 6.07 Å². The van der Waals surface area contributed by atoms with Crippen LogP contribution in [-0.4, -0.2) is 29.6 Å². The summed E-state index contributed by atoms with van der Waals surface area (Å²) in [6.07, 6.45) is 3.18. The minimum Gasteiger partial charge on any atom is -0.451 e. The number of ether oxygens (including phenoxy) is 1. The second-order valence-electron chi connectivity index (χ2n) is 8.02. The number of nitriles is 1. The van der Waals surface area contributed by atoms with Crippen LogP contribution >= 0.6 is 0 Å². The van der Waals surface area contributed by atoms with Gasteiger partial charge in [-0.2, -0.15) is 5.26 Å². The van der Waals surface area contributed by atoms with Crippen molar-refractivity contribution in [3.05, 3.63) is 64.5 Å². The lowest BCUT2D eigenvalue weighted by molar-refractivity contribution is -0.144. The molecule has 0 aliphatic rings. The van der Waals surface area contributed by atoms with E-state index in [1.165, 1.54) is 11.6 Å². The monoisotopic (exact) mass is 421 g/mol. The van der Waals surface area contributed by atoms with E-state index in [0.29, 0.717) is 12.5 Å². The molecular formula is C25H31N3O3. The highest BCUT2D eigenvalue weighted by molar-refractivity contribution is 5.99. The predicted octanol–water partition coefficient (Wildman–Crippen LogP) is 3.96. The molecule has 2 aromatic rings. The average Bonchev–Trinajstić information content (AvgIpc) is 3.01. The molecule has 164 valence electrons. The molecule has 0 aliphatic heterocycles. The number of benzene rings is 1. The van der Waals surface area contributed by atoms with E-state index in [9.17, 15) is 14.9 Å². The molecule has 0 radical (unpaired) electrons. The Morgan fingerprint density at radius 1 is 1.23 bits per heavy atom. The van der Waals surface area contributed by atoms with Crippen LogP contribution in [0.5, 0.6) is 0 Å². The highest BCUT2D eigenvalue weighted by Crippen LogP contribution is 2.20. The predicted molar refractivity (Wildman–Crippen MR) is 121 cm³/mol. The Bertz CT molecular complexity index is 966. The van der Waals surface area contributed by atoms with Gasteiger partial charge in [-0.25, -0.2) is 4.79 Å². The van der Waals surface area contributed by atoms with Gasteiger partial charge in [0.15, 0.2) is 6.61 Å². The van der Waals surface area contributed by atoms with Gasteiger partial charge in [0.2, 0.25) is 0 Å². The van der Waals surface area contributed by atoms with Crippen molar-refractivity contribution in [2.45, 2.75) is 47.1 Å². The van der Waals surface area contributed by atoms with Gasteiger partial charge in [-0.1, -0.05) is 44.2 Å². The molecule has 0 spiro atoms. The highest BCUT2D eigenvalue weighted by atomic mass is 16.5. The number of amides is 1. The molecule has 6 nitrogen and oxygen atoms in total. The Labute approximate surface area is 184 Å². The number of nitrogens with one attached hydrogen (secondary N) is 1. The first-order valence-corrected chi connectivity index (χ1v) is 10.6. The molecule has 0 atom stereocenters. The molecule has 0 aliphatic carbocycles. The second kappa shape index (κ2) is 11.8. The van der Waals surface area contributed by atoms with Crippen molar-refractivity contribution >= 4 is 18.0 Å². The standard InChI is InChI=1S/C25H31N3O3/c1-18(2)16-28-19(3)13-22(20(28)4)14-23(15-26)25(30)31-17-24(29)27-12-8-11-21-9-6-5-7-10-21/h5-7,9-10,13-14,18H,8,11-12,16-17H2,1-4H3,(H,27,29)/b23-14+. The van der Waals surface area contributed by atoms with Crippen LogP contribution in [0.4, 0.5) is 0 Å². The minimum atomic E-state index is -0.796. The zero-order chi connectivity index (χ0) is 22.8. The number of carbonyl (C=O) groups excluding carboxylic acids is 2. The van der Waals surface area contributed by atoms with Gasteiger partial charge >= 0.3 is 5.97 Å². The maximum Gasteiger partial charge on any atom is 0.349 e. The zero-order valence-corrected chi connectivity index (χ0v) is 18.8. The normalized spacial score (nSPS) is 11.3. The summed E-state index contributed by atoms with van der Waals surface area (Å²) in [6, 6.07) is 13.8. The first kappa shape index (κ1) is 23.9. The van der Waals surface area contributed by atoms with Gasteiger partial charge in [-0.3, -0.25) is 4.79 Å². The molecule has 0 saturated heterocycles. The molecule has 1 heterocycles. The average molecular weight is 422 g/mol. The number of carbonyl (C=O) groups is 2. The number of esters is 1. The molecule has 6 heteroatoms. The summed E-state index contributed by atoms with van der Waals surface area (Å²) < 4.78 is 7.20. The molecule has 31 heavy (non-hydrogen) atoms. The maximum absolute atomic E-state index is 12.3. The van der Waals surface area contributed by atoms with Crippen LogP contribution in [0.3, 0.4) is 0 Å². The van der Waals surface area contributed by atoms with Crippen LogP contribution in [0.1, 0.15) is 42.8 Å². The van der Waals surface area contributed by atoms with Crippen LogP contribution < -0.4 is 5.32 Å². The molecule has 0 fully saturated rings. The third kappa shape index (κ3) is 7.45. The fraction of sp³-hybridized carbons (Fsp3) is 0.400. The van der Waals surface area contributed by atoms with E-state index >= 15 is 0 Å². The summed E-state index contributed by atoms with van der Waals surface area (Å²) in [6.45, 7) is 9.19. The molecule has 0 bridgehead atoms. The minimum absolute atomic E-state index is 0.123. The Kier molecular flexibility index (Phi) is 9.08. The number of nitrogens with zero attached hydrogens (tertiary/aromatic N) is 2. The lowest BCUT2D eigenvalue weighted by atomic mass is 10.1. The van der Waals surface area contributed by atoms with Gasteiger partial charge in [0, 0.05) is 24.5 Å². The van der Waals surface area contributed by atoms with Gasteiger partial charge in [0.25, 0.3) is 5.91 Å². The zero-order valence-electron chi connectivity index (χ0n) is 18.8. The van der Waals surface area contributed by atoms with E-state index < -0.39 is 12.6 Å². The van der Waals surface area contributed by atoms with Gasteiger partial charge in [-0.05, 0) is 55.9 Å². The largest absolute Gasteiger partial charge is 0.451 e. The molecule has 0 unspecified atom stereocenters. The van der Waals surface area contributed by atoms with E-state index in [1.807, 2.05) is 56.3 Å². The molecule has 2 rings (SSSR count). The lowest BCUT2D eigenvalue weighted by Gasteiger charge is -2.12. The summed E-state index contributed by atoms with van der Waals surface area (Å²) >= 11 is 0. The van der Waals surface area contributed by atoms with E-state index in [0.717, 1.165) is 36.3 Å². The lowest BCUT2D eigenvalue weighted by Crippen LogP contribution is -2.30. The van der Waals surface area contributed by atoms with Crippen molar-refractivity contribution in [1.82, 2.24) is 9.88 Å². The Hall–Kier alpha value is -3.33. The van der Waals surface area contributed by atoms with Crippen LogP contribution in [0.2, 0.25) is 0 Å². The summed E-state index contributed by atoms with van der Waals surface area (Å²) in [5.74, 6) is -0.697. The van der Waals surface area contributed by atoms with Crippen LogP contribution in [-0.2, 0) is 27.3 Å². The second-order valence-corrected chi connectivity index (χ2v) is 8.02. The topological polar surface area (TPSA) is 84.1 Å². The number of rotatable bonds is 10. The summed E-state index contributed by atoms with van der Waals surface area (Å²) in [4.78, 5) is 24.2. The number of aromatic nitrogens is 1. The van der Waals surface area contributed by atoms with Gasteiger partial charge < -0.3 is 14.6 Å². The molecule has 0 saturated carbocycles. The molecular weight excluding hydrogens is 390 g/mol. The van der Waals surface area contributed by atoms with Gasteiger partial charge in [-0.15, -0.1) is 0 Å². The number of aryl methyl sites for hydroxylation is 2.